The Morgan fingerprint density at radius 1 is 1.25 bits per heavy atom. The Morgan fingerprint density at radius 2 is 2.04 bits per heavy atom. The number of carbonyl (C=O) groups excluding carboxylic acids is 1. The second kappa shape index (κ2) is 7.27. The normalized spacial score (nSPS) is 12.0. The van der Waals surface area contributed by atoms with Crippen LogP contribution >= 0.6 is 23.1 Å². The number of amides is 1. The molecular weight excluding hydrogens is 350 g/mol. The lowest BCUT2D eigenvalue weighted by atomic mass is 10.2. The van der Waals surface area contributed by atoms with Gasteiger partial charge >= 0.3 is 0 Å². The van der Waals surface area contributed by atoms with Gasteiger partial charge in [0.25, 0.3) is 5.91 Å². The van der Waals surface area contributed by atoms with Crippen molar-refractivity contribution in [1.82, 2.24) is 4.57 Å². The van der Waals surface area contributed by atoms with Crippen LogP contribution in [0.3, 0.4) is 0 Å². The lowest BCUT2D eigenvalue weighted by Gasteiger charge is -2.03. The molecule has 0 spiro atoms. The van der Waals surface area contributed by atoms with Gasteiger partial charge in [-0.3, -0.25) is 4.79 Å². The highest BCUT2D eigenvalue weighted by atomic mass is 32.2. The molecule has 0 N–H and O–H groups in total. The van der Waals surface area contributed by atoms with Gasteiger partial charge in [-0.1, -0.05) is 23.5 Å². The van der Waals surface area contributed by atoms with Crippen LogP contribution in [-0.4, -0.2) is 22.5 Å². The molecular formula is C17H14F2N2OS2. The predicted molar refractivity (Wildman–Crippen MR) is 94.4 cm³/mol. The Bertz CT molecular complexity index is 963. The number of thiazole rings is 1. The van der Waals surface area contributed by atoms with Gasteiger partial charge in [-0.2, -0.15) is 16.8 Å². The summed E-state index contributed by atoms with van der Waals surface area (Å²) < 4.78 is 29.8. The first-order chi connectivity index (χ1) is 11.6. The molecule has 0 bridgehead atoms. The number of halogens is 2. The van der Waals surface area contributed by atoms with E-state index in [0.717, 1.165) is 11.3 Å². The lowest BCUT2D eigenvalue weighted by Crippen LogP contribution is -2.18. The zero-order chi connectivity index (χ0) is 17.1. The SMILES string of the molecule is CSCCn1c(=NC(=O)c2ccccc2F)sc2cc(F)ccc21. The summed E-state index contributed by atoms with van der Waals surface area (Å²) in [5, 5.41) is 0. The molecule has 0 aliphatic carbocycles. The van der Waals surface area contributed by atoms with Gasteiger partial charge < -0.3 is 4.57 Å². The fraction of sp³-hybridized carbons (Fsp3) is 0.176. The summed E-state index contributed by atoms with van der Waals surface area (Å²) in [7, 11) is 0. The molecule has 0 atom stereocenters. The number of benzene rings is 2. The highest BCUT2D eigenvalue weighted by Gasteiger charge is 2.12. The van der Waals surface area contributed by atoms with E-state index < -0.39 is 11.7 Å². The van der Waals surface area contributed by atoms with Gasteiger partial charge in [-0.05, 0) is 36.6 Å². The van der Waals surface area contributed by atoms with Gasteiger partial charge in [0.05, 0.1) is 15.8 Å². The van der Waals surface area contributed by atoms with E-state index in [2.05, 4.69) is 4.99 Å². The second-order valence-corrected chi connectivity index (χ2v) is 7.03. The van der Waals surface area contributed by atoms with Crippen LogP contribution in [0.2, 0.25) is 0 Å². The van der Waals surface area contributed by atoms with Crippen molar-refractivity contribution in [2.24, 2.45) is 4.99 Å². The Hall–Kier alpha value is -1.99. The van der Waals surface area contributed by atoms with Crippen LogP contribution in [0.25, 0.3) is 10.2 Å². The molecule has 0 saturated carbocycles. The van der Waals surface area contributed by atoms with E-state index in [1.165, 1.54) is 41.7 Å². The molecule has 124 valence electrons. The number of rotatable bonds is 4. The molecule has 2 aromatic carbocycles. The van der Waals surface area contributed by atoms with Gasteiger partial charge in [0, 0.05) is 12.3 Å². The molecule has 7 heteroatoms. The van der Waals surface area contributed by atoms with E-state index in [9.17, 15) is 13.6 Å². The lowest BCUT2D eigenvalue weighted by molar-refractivity contribution is 0.0994. The Balaban J connectivity index is 2.13. The van der Waals surface area contributed by atoms with Crippen molar-refractivity contribution in [2.75, 3.05) is 12.0 Å². The van der Waals surface area contributed by atoms with Crippen LogP contribution in [-0.2, 0) is 6.54 Å². The number of aromatic nitrogens is 1. The van der Waals surface area contributed by atoms with E-state index in [0.29, 0.717) is 16.0 Å². The van der Waals surface area contributed by atoms with Crippen LogP contribution in [0, 0.1) is 11.6 Å². The number of nitrogens with zero attached hydrogens (tertiary/aromatic N) is 2. The minimum Gasteiger partial charge on any atom is -0.316 e. The second-order valence-electron chi connectivity index (χ2n) is 5.04. The predicted octanol–water partition coefficient (Wildman–Crippen LogP) is 4.09. The molecule has 0 fully saturated rings. The first-order valence-corrected chi connectivity index (χ1v) is 9.42. The smallest absolute Gasteiger partial charge is 0.282 e. The van der Waals surface area contributed by atoms with Gasteiger partial charge in [0.15, 0.2) is 4.80 Å². The third-order valence-electron chi connectivity index (χ3n) is 3.47. The molecule has 0 aliphatic heterocycles. The third-order valence-corrected chi connectivity index (χ3v) is 5.10. The van der Waals surface area contributed by atoms with Crippen molar-refractivity contribution in [2.45, 2.75) is 6.54 Å². The van der Waals surface area contributed by atoms with Crippen molar-refractivity contribution in [3.8, 4) is 0 Å². The Kier molecular flexibility index (Phi) is 5.11. The zero-order valence-corrected chi connectivity index (χ0v) is 14.5. The molecule has 3 aromatic rings. The topological polar surface area (TPSA) is 34.4 Å². The molecule has 24 heavy (non-hydrogen) atoms. The minimum absolute atomic E-state index is 0.0717. The average Bonchev–Trinajstić information content (AvgIpc) is 2.89. The van der Waals surface area contributed by atoms with E-state index in [4.69, 9.17) is 0 Å². The molecule has 1 amide bonds. The number of fused-ring (bicyclic) bond motifs is 1. The molecule has 0 unspecified atom stereocenters. The summed E-state index contributed by atoms with van der Waals surface area (Å²) in [6.45, 7) is 0.635. The first kappa shape index (κ1) is 16.9. The fourth-order valence-corrected chi connectivity index (χ4v) is 3.76. The van der Waals surface area contributed by atoms with Gasteiger partial charge in [-0.25, -0.2) is 8.78 Å². The van der Waals surface area contributed by atoms with E-state index >= 15 is 0 Å². The van der Waals surface area contributed by atoms with Crippen molar-refractivity contribution >= 4 is 39.2 Å². The molecule has 1 heterocycles. The monoisotopic (exact) mass is 364 g/mol. The summed E-state index contributed by atoms with van der Waals surface area (Å²) in [5.74, 6) is -0.760. The van der Waals surface area contributed by atoms with E-state index in [-0.39, 0.29) is 11.4 Å². The van der Waals surface area contributed by atoms with Crippen LogP contribution in [0.1, 0.15) is 10.4 Å². The van der Waals surface area contributed by atoms with Crippen LogP contribution in [0.4, 0.5) is 8.78 Å². The van der Waals surface area contributed by atoms with Crippen molar-refractivity contribution < 1.29 is 13.6 Å². The number of hydrogen-bond donors (Lipinski definition) is 0. The van der Waals surface area contributed by atoms with Crippen LogP contribution in [0.5, 0.6) is 0 Å². The van der Waals surface area contributed by atoms with Crippen molar-refractivity contribution in [1.29, 1.82) is 0 Å². The highest BCUT2D eigenvalue weighted by Crippen LogP contribution is 2.19. The van der Waals surface area contributed by atoms with E-state index in [1.54, 1.807) is 23.9 Å². The van der Waals surface area contributed by atoms with Crippen molar-refractivity contribution in [3.05, 3.63) is 64.5 Å². The number of aryl methyl sites for hydroxylation is 1. The summed E-state index contributed by atoms with van der Waals surface area (Å²) in [4.78, 5) is 16.8. The largest absolute Gasteiger partial charge is 0.316 e. The molecule has 3 nitrogen and oxygen atoms in total. The molecule has 3 rings (SSSR count). The van der Waals surface area contributed by atoms with Crippen LogP contribution < -0.4 is 4.80 Å². The molecule has 0 saturated heterocycles. The summed E-state index contributed by atoms with van der Waals surface area (Å²) in [5.41, 5.74) is 0.744. The maximum Gasteiger partial charge on any atom is 0.282 e. The number of thioether (sulfide) groups is 1. The summed E-state index contributed by atoms with van der Waals surface area (Å²) in [6, 6.07) is 10.2. The molecule has 0 radical (unpaired) electrons. The molecule has 1 aromatic heterocycles. The van der Waals surface area contributed by atoms with Crippen molar-refractivity contribution in [3.63, 3.8) is 0 Å². The Morgan fingerprint density at radius 3 is 2.79 bits per heavy atom. The van der Waals surface area contributed by atoms with Gasteiger partial charge in [-0.15, -0.1) is 0 Å². The van der Waals surface area contributed by atoms with Gasteiger partial charge in [0.2, 0.25) is 0 Å². The summed E-state index contributed by atoms with van der Waals surface area (Å²) >= 11 is 2.88. The average molecular weight is 364 g/mol. The van der Waals surface area contributed by atoms with Crippen LogP contribution in [0.15, 0.2) is 47.5 Å². The third kappa shape index (κ3) is 3.42. The first-order valence-electron chi connectivity index (χ1n) is 7.21. The highest BCUT2D eigenvalue weighted by molar-refractivity contribution is 7.98. The quantitative estimate of drug-likeness (QED) is 0.699. The Labute approximate surface area is 145 Å². The maximum atomic E-state index is 13.8. The minimum atomic E-state index is -0.641. The fourth-order valence-electron chi connectivity index (χ4n) is 2.31. The standard InChI is InChI=1S/C17H14F2N2OS2/c1-23-9-8-21-14-7-6-11(18)10-15(14)24-17(21)20-16(22)12-4-2-3-5-13(12)19/h2-7,10H,8-9H2,1H3. The van der Waals surface area contributed by atoms with E-state index in [1.807, 2.05) is 10.8 Å². The molecule has 0 aliphatic rings. The summed E-state index contributed by atoms with van der Waals surface area (Å²) in [6.07, 6.45) is 1.98. The van der Waals surface area contributed by atoms with Gasteiger partial charge in [0.1, 0.15) is 11.6 Å². The number of hydrogen-bond acceptors (Lipinski definition) is 3. The maximum absolute atomic E-state index is 13.8. The zero-order valence-electron chi connectivity index (χ0n) is 12.8. The number of carbonyl (C=O) groups is 1.